The normalized spacial score (nSPS) is 12.2. The van der Waals surface area contributed by atoms with E-state index >= 15 is 0 Å². The third kappa shape index (κ3) is 50.6. The minimum absolute atomic E-state index is 0.0740. The third-order valence-corrected chi connectivity index (χ3v) is 12.5. The van der Waals surface area contributed by atoms with E-state index in [-0.39, 0.29) is 31.1 Å². The van der Waals surface area contributed by atoms with Gasteiger partial charge in [-0.3, -0.25) is 14.4 Å². The molecule has 0 rings (SSSR count). The Morgan fingerprint density at radius 1 is 0.328 bits per heavy atom. The average molecular weight is 899 g/mol. The molecule has 64 heavy (non-hydrogen) atoms. The van der Waals surface area contributed by atoms with E-state index in [4.69, 9.17) is 14.2 Å². The summed E-state index contributed by atoms with van der Waals surface area (Å²) >= 11 is 0. The number of hydrogen-bond donors (Lipinski definition) is 0. The quantitative estimate of drug-likeness (QED) is 0.0262. The van der Waals surface area contributed by atoms with Crippen LogP contribution in [-0.2, 0) is 28.6 Å². The summed E-state index contributed by atoms with van der Waals surface area (Å²) < 4.78 is 16.8. The standard InChI is InChI=1S/C58H106O6/c1-4-7-10-13-16-19-22-25-27-28-29-31-33-36-39-42-45-48-51-57(60)63-54-55(53-62-56(59)50-47-44-41-38-35-32-24-21-18-15-12-9-6-3)64-58(61)52-49-46-43-40-37-34-30-26-23-20-17-14-11-8-5-2/h9,12,15,18,21,24,55H,4-8,10-11,13-14,16-17,19-20,22-23,25-54H2,1-3H3/b12-9+,18-15+,24-21+. The van der Waals surface area contributed by atoms with Gasteiger partial charge in [-0.1, -0.05) is 276 Å². The van der Waals surface area contributed by atoms with Gasteiger partial charge in [0.05, 0.1) is 0 Å². The molecule has 1 atom stereocenters. The summed E-state index contributed by atoms with van der Waals surface area (Å²) in [6, 6.07) is 0. The van der Waals surface area contributed by atoms with Gasteiger partial charge >= 0.3 is 17.9 Å². The van der Waals surface area contributed by atoms with Crippen LogP contribution in [0.4, 0.5) is 0 Å². The Balaban J connectivity index is 4.32. The lowest BCUT2D eigenvalue weighted by molar-refractivity contribution is -0.167. The van der Waals surface area contributed by atoms with Gasteiger partial charge in [-0.15, -0.1) is 0 Å². The van der Waals surface area contributed by atoms with Crippen LogP contribution in [0.25, 0.3) is 0 Å². The minimum Gasteiger partial charge on any atom is -0.462 e. The number of carbonyl (C=O) groups is 3. The first-order chi connectivity index (χ1) is 31.5. The minimum atomic E-state index is -0.775. The lowest BCUT2D eigenvalue weighted by Crippen LogP contribution is -2.30. The van der Waals surface area contributed by atoms with Crippen molar-refractivity contribution in [1.82, 2.24) is 0 Å². The van der Waals surface area contributed by atoms with Crippen molar-refractivity contribution < 1.29 is 28.6 Å². The summed E-state index contributed by atoms with van der Waals surface area (Å²) in [4.78, 5) is 38.1. The maximum atomic E-state index is 12.8. The highest BCUT2D eigenvalue weighted by atomic mass is 16.6. The zero-order chi connectivity index (χ0) is 46.5. The van der Waals surface area contributed by atoms with Crippen LogP contribution < -0.4 is 0 Å². The maximum Gasteiger partial charge on any atom is 0.306 e. The van der Waals surface area contributed by atoms with Gasteiger partial charge in [0.25, 0.3) is 0 Å². The van der Waals surface area contributed by atoms with E-state index in [1.165, 1.54) is 173 Å². The molecule has 6 heteroatoms. The van der Waals surface area contributed by atoms with E-state index in [1.54, 1.807) is 0 Å². The zero-order valence-corrected chi connectivity index (χ0v) is 42.8. The van der Waals surface area contributed by atoms with Gasteiger partial charge in [0.15, 0.2) is 6.10 Å². The second kappa shape index (κ2) is 53.2. The molecule has 0 spiro atoms. The van der Waals surface area contributed by atoms with E-state index in [0.29, 0.717) is 19.3 Å². The lowest BCUT2D eigenvalue weighted by Gasteiger charge is -2.18. The van der Waals surface area contributed by atoms with Gasteiger partial charge in [0.2, 0.25) is 0 Å². The predicted molar refractivity (Wildman–Crippen MR) is 275 cm³/mol. The molecule has 0 aliphatic heterocycles. The fraction of sp³-hybridized carbons (Fsp3) is 0.845. The Kier molecular flexibility index (Phi) is 51.3. The molecule has 374 valence electrons. The van der Waals surface area contributed by atoms with Crippen LogP contribution in [0.15, 0.2) is 36.5 Å². The van der Waals surface area contributed by atoms with Gasteiger partial charge in [-0.05, 0) is 38.5 Å². The molecule has 0 N–H and O–H groups in total. The first kappa shape index (κ1) is 61.6. The average Bonchev–Trinajstić information content (AvgIpc) is 3.29. The van der Waals surface area contributed by atoms with Gasteiger partial charge < -0.3 is 14.2 Å². The smallest absolute Gasteiger partial charge is 0.306 e. The number of hydrogen-bond acceptors (Lipinski definition) is 6. The number of allylic oxidation sites excluding steroid dienone is 6. The van der Waals surface area contributed by atoms with Crippen LogP contribution in [0.5, 0.6) is 0 Å². The van der Waals surface area contributed by atoms with Gasteiger partial charge in [-0.2, -0.15) is 0 Å². The van der Waals surface area contributed by atoms with Crippen molar-refractivity contribution in [3.8, 4) is 0 Å². The van der Waals surface area contributed by atoms with Crippen LogP contribution in [0.3, 0.4) is 0 Å². The van der Waals surface area contributed by atoms with Crippen LogP contribution in [-0.4, -0.2) is 37.2 Å². The Labute approximate surface area is 397 Å². The SMILES string of the molecule is CC/C=C/C=C/C=C/CCCCCCCC(=O)OCC(COC(=O)CCCCCCCCCCCCCCCCCCCC)OC(=O)CCCCCCCCCCCCCCCCC. The summed E-state index contributed by atoms with van der Waals surface area (Å²) in [6.07, 6.45) is 62.8. The second-order valence-corrected chi connectivity index (χ2v) is 18.9. The Bertz CT molecular complexity index is 1080. The summed E-state index contributed by atoms with van der Waals surface area (Å²) in [5.74, 6) is -0.878. The fourth-order valence-corrected chi connectivity index (χ4v) is 8.27. The Hall–Kier alpha value is -2.37. The molecule has 6 nitrogen and oxygen atoms in total. The van der Waals surface area contributed by atoms with E-state index < -0.39 is 6.10 Å². The monoisotopic (exact) mass is 899 g/mol. The van der Waals surface area contributed by atoms with E-state index in [2.05, 4.69) is 57.2 Å². The Morgan fingerprint density at radius 2 is 0.609 bits per heavy atom. The number of ether oxygens (including phenoxy) is 3. The van der Waals surface area contributed by atoms with Crippen LogP contribution in [0.2, 0.25) is 0 Å². The lowest BCUT2D eigenvalue weighted by atomic mass is 10.0. The van der Waals surface area contributed by atoms with Crippen molar-refractivity contribution in [2.24, 2.45) is 0 Å². The largest absolute Gasteiger partial charge is 0.462 e. The topological polar surface area (TPSA) is 78.9 Å². The molecule has 0 aromatic heterocycles. The molecular formula is C58H106O6. The molecule has 0 radical (unpaired) electrons. The molecule has 0 aliphatic rings. The fourth-order valence-electron chi connectivity index (χ4n) is 8.27. The number of unbranched alkanes of at least 4 members (excludes halogenated alkanes) is 36. The highest BCUT2D eigenvalue weighted by Gasteiger charge is 2.19. The summed E-state index contributed by atoms with van der Waals surface area (Å²) in [7, 11) is 0. The highest BCUT2D eigenvalue weighted by Crippen LogP contribution is 2.17. The molecule has 0 amide bonds. The summed E-state index contributed by atoms with van der Waals surface area (Å²) in [5.41, 5.74) is 0. The molecule has 0 aliphatic carbocycles. The van der Waals surface area contributed by atoms with Crippen LogP contribution in [0, 0.1) is 0 Å². The first-order valence-electron chi connectivity index (χ1n) is 28.0. The Morgan fingerprint density at radius 3 is 0.938 bits per heavy atom. The maximum absolute atomic E-state index is 12.8. The molecule has 0 fully saturated rings. The number of rotatable bonds is 51. The molecular weight excluding hydrogens is 793 g/mol. The van der Waals surface area contributed by atoms with Crippen LogP contribution in [0.1, 0.15) is 297 Å². The summed E-state index contributed by atoms with van der Waals surface area (Å²) in [5, 5.41) is 0. The van der Waals surface area contributed by atoms with Crippen molar-refractivity contribution in [3.05, 3.63) is 36.5 Å². The molecule has 0 bridgehead atoms. The third-order valence-electron chi connectivity index (χ3n) is 12.5. The van der Waals surface area contributed by atoms with Gasteiger partial charge in [0.1, 0.15) is 13.2 Å². The van der Waals surface area contributed by atoms with E-state index in [9.17, 15) is 14.4 Å². The molecule has 0 aromatic rings. The molecule has 1 unspecified atom stereocenters. The van der Waals surface area contributed by atoms with E-state index in [0.717, 1.165) is 83.5 Å². The second-order valence-electron chi connectivity index (χ2n) is 18.9. The van der Waals surface area contributed by atoms with Gasteiger partial charge in [-0.25, -0.2) is 0 Å². The summed E-state index contributed by atoms with van der Waals surface area (Å²) in [6.45, 7) is 6.53. The predicted octanol–water partition coefficient (Wildman–Crippen LogP) is 18.5. The number of carbonyl (C=O) groups excluding carboxylic acids is 3. The molecule has 0 heterocycles. The van der Waals surface area contributed by atoms with Gasteiger partial charge in [0, 0.05) is 19.3 Å². The van der Waals surface area contributed by atoms with E-state index in [1.807, 2.05) is 0 Å². The molecule has 0 saturated heterocycles. The van der Waals surface area contributed by atoms with Crippen molar-refractivity contribution in [2.45, 2.75) is 303 Å². The highest BCUT2D eigenvalue weighted by molar-refractivity contribution is 5.71. The molecule has 0 saturated carbocycles. The van der Waals surface area contributed by atoms with Crippen molar-refractivity contribution in [3.63, 3.8) is 0 Å². The molecule has 0 aromatic carbocycles. The van der Waals surface area contributed by atoms with Crippen molar-refractivity contribution >= 4 is 17.9 Å². The zero-order valence-electron chi connectivity index (χ0n) is 42.8. The van der Waals surface area contributed by atoms with Crippen LogP contribution >= 0.6 is 0 Å². The first-order valence-corrected chi connectivity index (χ1v) is 28.0. The number of esters is 3. The van der Waals surface area contributed by atoms with Crippen molar-refractivity contribution in [1.29, 1.82) is 0 Å². The van der Waals surface area contributed by atoms with Crippen molar-refractivity contribution in [2.75, 3.05) is 13.2 Å².